The van der Waals surface area contributed by atoms with Crippen molar-refractivity contribution in [3.05, 3.63) is 33.9 Å². The highest BCUT2D eigenvalue weighted by atomic mass is 79.9. The minimum absolute atomic E-state index is 0.0262. The van der Waals surface area contributed by atoms with Gasteiger partial charge in [0.15, 0.2) is 11.5 Å². The molecule has 0 bridgehead atoms. The van der Waals surface area contributed by atoms with Gasteiger partial charge in [-0.2, -0.15) is 0 Å². The number of hydroxylamine groups is 1. The summed E-state index contributed by atoms with van der Waals surface area (Å²) in [5.41, 5.74) is 9.85. The van der Waals surface area contributed by atoms with Crippen LogP contribution in [0.4, 0.5) is 11.5 Å². The summed E-state index contributed by atoms with van der Waals surface area (Å²) in [4.78, 5) is 20.4. The van der Waals surface area contributed by atoms with Crippen molar-refractivity contribution in [2.75, 3.05) is 11.9 Å². The van der Waals surface area contributed by atoms with Crippen LogP contribution in [-0.4, -0.2) is 39.6 Å². The lowest BCUT2D eigenvalue weighted by atomic mass is 10.1. The highest BCUT2D eigenvalue weighted by molar-refractivity contribution is 9.10. The van der Waals surface area contributed by atoms with Crippen LogP contribution in [0.2, 0.25) is 0 Å². The monoisotopic (exact) mass is 491 g/mol. The summed E-state index contributed by atoms with van der Waals surface area (Å²) in [7, 11) is 0. The van der Waals surface area contributed by atoms with Crippen LogP contribution in [0.5, 0.6) is 0 Å². The third kappa shape index (κ3) is 6.34. The number of benzene rings is 1. The third-order valence-corrected chi connectivity index (χ3v) is 5.93. The van der Waals surface area contributed by atoms with Gasteiger partial charge in [-0.05, 0) is 54.2 Å². The largest absolute Gasteiger partial charge is 0.387 e. The van der Waals surface area contributed by atoms with E-state index >= 15 is 0 Å². The lowest BCUT2D eigenvalue weighted by molar-refractivity contribution is -0.121. The number of aromatic nitrogens is 2. The number of carbonyl (C=O) groups excluding carboxylic acids is 1. The molecule has 1 saturated carbocycles. The summed E-state index contributed by atoms with van der Waals surface area (Å²) in [6.07, 6.45) is 5.08. The number of rotatable bonds is 8. The molecule has 2 aromatic rings. The molecule has 1 heterocycles. The van der Waals surface area contributed by atoms with Gasteiger partial charge < -0.3 is 11.1 Å². The van der Waals surface area contributed by atoms with Crippen LogP contribution in [0.15, 0.2) is 37.3 Å². The number of halogens is 1. The Bertz CT molecular complexity index is 967. The van der Waals surface area contributed by atoms with Gasteiger partial charge in [-0.3, -0.25) is 15.5 Å². The Balaban J connectivity index is 1.56. The molecule has 1 fully saturated rings. The van der Waals surface area contributed by atoms with Crippen LogP contribution < -0.4 is 16.5 Å². The van der Waals surface area contributed by atoms with Crippen LogP contribution in [-0.2, 0) is 4.79 Å². The van der Waals surface area contributed by atoms with E-state index in [1.165, 1.54) is 0 Å². The molecule has 11 heteroatoms. The Morgan fingerprint density at radius 3 is 2.84 bits per heavy atom. The molecule has 31 heavy (non-hydrogen) atoms. The highest BCUT2D eigenvalue weighted by Gasteiger charge is 2.22. The molecule has 166 valence electrons. The molecule has 0 saturated heterocycles. The van der Waals surface area contributed by atoms with Gasteiger partial charge in [-0.25, -0.2) is 14.6 Å². The summed E-state index contributed by atoms with van der Waals surface area (Å²) >= 11 is 3.46. The first kappa shape index (κ1) is 22.9. The quantitative estimate of drug-likeness (QED) is 0.189. The Morgan fingerprint density at radius 1 is 1.35 bits per heavy atom. The zero-order chi connectivity index (χ0) is 22.2. The Hall–Kier alpha value is -2.79. The van der Waals surface area contributed by atoms with Crippen molar-refractivity contribution in [2.45, 2.75) is 45.4 Å². The lowest BCUT2D eigenvalue weighted by Gasteiger charge is -2.07. The minimum atomic E-state index is -0.108. The van der Waals surface area contributed by atoms with Crippen LogP contribution in [0.25, 0.3) is 0 Å². The Kier molecular flexibility index (Phi) is 8.13. The van der Waals surface area contributed by atoms with Crippen molar-refractivity contribution in [3.63, 3.8) is 0 Å². The van der Waals surface area contributed by atoms with Crippen molar-refractivity contribution >= 4 is 45.0 Å². The van der Waals surface area contributed by atoms with Crippen molar-refractivity contribution < 1.29 is 14.6 Å². The van der Waals surface area contributed by atoms with Crippen molar-refractivity contribution in [1.82, 2.24) is 15.8 Å². The maximum absolute atomic E-state index is 12.1. The second-order valence-corrected chi connectivity index (χ2v) is 8.27. The first-order valence-corrected chi connectivity index (χ1v) is 11.0. The maximum Gasteiger partial charge on any atom is 0.250 e. The predicted octanol–water partition coefficient (Wildman–Crippen LogP) is 3.46. The SMILES string of the molecule is Cc1ccc(N=C(NO)c2nonc2NCCCC(N)=NC(=O)C2CCCC2)cc1Br. The number of amides is 1. The number of carbonyl (C=O) groups is 1. The maximum atomic E-state index is 12.1. The highest BCUT2D eigenvalue weighted by Crippen LogP contribution is 2.26. The zero-order valence-corrected chi connectivity index (χ0v) is 18.9. The topological polar surface area (TPSA) is 151 Å². The van der Waals surface area contributed by atoms with Gasteiger partial charge in [0.2, 0.25) is 11.7 Å². The van der Waals surface area contributed by atoms with Gasteiger partial charge in [0.25, 0.3) is 0 Å². The normalized spacial score (nSPS) is 15.3. The van der Waals surface area contributed by atoms with Gasteiger partial charge >= 0.3 is 0 Å². The molecule has 0 radical (unpaired) electrons. The fourth-order valence-electron chi connectivity index (χ4n) is 3.31. The molecule has 1 aliphatic carbocycles. The molecular weight excluding hydrogens is 466 g/mol. The zero-order valence-electron chi connectivity index (χ0n) is 17.3. The van der Waals surface area contributed by atoms with Gasteiger partial charge in [0.1, 0.15) is 5.84 Å². The first-order valence-electron chi connectivity index (χ1n) is 10.2. The van der Waals surface area contributed by atoms with Crippen molar-refractivity contribution in [3.8, 4) is 0 Å². The number of aryl methyl sites for hydroxylation is 1. The average Bonchev–Trinajstić information content (AvgIpc) is 3.44. The number of hydrogen-bond acceptors (Lipinski definition) is 7. The molecule has 1 aromatic heterocycles. The summed E-state index contributed by atoms with van der Waals surface area (Å²) in [6.45, 7) is 2.46. The summed E-state index contributed by atoms with van der Waals surface area (Å²) in [5, 5.41) is 20.2. The molecule has 0 spiro atoms. The molecule has 1 aromatic carbocycles. The van der Waals surface area contributed by atoms with Crippen LogP contribution in [0.3, 0.4) is 0 Å². The second kappa shape index (κ2) is 11.0. The fourth-order valence-corrected chi connectivity index (χ4v) is 3.68. The lowest BCUT2D eigenvalue weighted by Crippen LogP contribution is -2.22. The van der Waals surface area contributed by atoms with Gasteiger partial charge in [0, 0.05) is 23.4 Å². The fraction of sp³-hybridized carbons (Fsp3) is 0.450. The second-order valence-electron chi connectivity index (χ2n) is 7.42. The van der Waals surface area contributed by atoms with Crippen molar-refractivity contribution in [2.24, 2.45) is 21.6 Å². The van der Waals surface area contributed by atoms with Crippen molar-refractivity contribution in [1.29, 1.82) is 0 Å². The van der Waals surface area contributed by atoms with E-state index in [4.69, 9.17) is 10.4 Å². The molecule has 0 atom stereocenters. The van der Waals surface area contributed by atoms with Gasteiger partial charge in [0.05, 0.1) is 5.69 Å². The van der Waals surface area contributed by atoms with E-state index in [0.717, 1.165) is 35.7 Å². The van der Waals surface area contributed by atoms with Gasteiger partial charge in [-0.1, -0.05) is 34.8 Å². The number of nitrogens with one attached hydrogen (secondary N) is 2. The number of amidine groups is 2. The third-order valence-electron chi connectivity index (χ3n) is 5.08. The van der Waals surface area contributed by atoms with E-state index in [2.05, 4.69) is 41.5 Å². The minimum Gasteiger partial charge on any atom is -0.387 e. The predicted molar refractivity (Wildman–Crippen MR) is 121 cm³/mol. The molecule has 1 aliphatic rings. The molecule has 0 unspecified atom stereocenters. The number of anilines is 1. The molecule has 0 aliphatic heterocycles. The molecule has 3 rings (SSSR count). The summed E-state index contributed by atoms with van der Waals surface area (Å²) in [5.74, 6) is 0.662. The van der Waals surface area contributed by atoms with E-state index in [0.29, 0.717) is 36.7 Å². The van der Waals surface area contributed by atoms with E-state index in [1.807, 2.05) is 30.6 Å². The Morgan fingerprint density at radius 2 is 2.13 bits per heavy atom. The molecular formula is C20H26BrN7O3. The van der Waals surface area contributed by atoms with E-state index in [1.54, 1.807) is 0 Å². The first-order chi connectivity index (χ1) is 15.0. The van der Waals surface area contributed by atoms with Gasteiger partial charge in [-0.15, -0.1) is 0 Å². The van der Waals surface area contributed by atoms with Crippen LogP contribution >= 0.6 is 15.9 Å². The summed E-state index contributed by atoms with van der Waals surface area (Å²) in [6, 6.07) is 5.54. The number of nitrogens with two attached hydrogens (primary N) is 1. The smallest absolute Gasteiger partial charge is 0.250 e. The summed E-state index contributed by atoms with van der Waals surface area (Å²) < 4.78 is 5.70. The van der Waals surface area contributed by atoms with Crippen LogP contribution in [0.1, 0.15) is 49.8 Å². The van der Waals surface area contributed by atoms with Crippen LogP contribution in [0, 0.1) is 12.8 Å². The molecule has 5 N–H and O–H groups in total. The number of hydrogen-bond donors (Lipinski definition) is 4. The average molecular weight is 492 g/mol. The molecule has 1 amide bonds. The number of aliphatic imine (C=N–C) groups is 2. The van der Waals surface area contributed by atoms with E-state index in [9.17, 15) is 10.0 Å². The Labute approximate surface area is 188 Å². The number of nitrogens with zero attached hydrogens (tertiary/aromatic N) is 4. The molecule has 10 nitrogen and oxygen atoms in total. The van der Waals surface area contributed by atoms with E-state index in [-0.39, 0.29) is 23.4 Å². The standard InChI is InChI=1S/C20H26BrN7O3/c1-12-8-9-14(11-15(12)21)24-19(26-30)17-18(28-31-27-17)23-10-4-7-16(22)25-20(29)13-5-2-3-6-13/h8-9,11,13,30H,2-7,10H2,1H3,(H,23,28)(H,24,26)(H2,22,25,29). The van der Waals surface area contributed by atoms with E-state index < -0.39 is 0 Å².